The number of thiazole rings is 1. The van der Waals surface area contributed by atoms with Crippen LogP contribution in [-0.4, -0.2) is 33.8 Å². The minimum atomic E-state index is -0.551. The molecule has 2 heterocycles. The summed E-state index contributed by atoms with van der Waals surface area (Å²) in [5, 5.41) is 15.4. The van der Waals surface area contributed by atoms with Crippen LogP contribution in [0, 0.1) is 0 Å². The van der Waals surface area contributed by atoms with E-state index in [0.717, 1.165) is 49.0 Å². The van der Waals surface area contributed by atoms with Crippen LogP contribution in [0.25, 0.3) is 21.3 Å². The number of benzene rings is 5. The van der Waals surface area contributed by atoms with Gasteiger partial charge in [0.15, 0.2) is 10.6 Å². The largest absolute Gasteiger partial charge is 0.397 e. The molecule has 55 heavy (non-hydrogen) atoms. The maximum atomic E-state index is 12.6. The van der Waals surface area contributed by atoms with Crippen LogP contribution in [0.1, 0.15) is 66.8 Å². The van der Waals surface area contributed by atoms with Crippen LogP contribution in [0.5, 0.6) is 0 Å². The van der Waals surface area contributed by atoms with Crippen LogP contribution in [-0.2, 0) is 32.2 Å². The van der Waals surface area contributed by atoms with Crippen molar-refractivity contribution >= 4 is 56.5 Å². The topological polar surface area (TPSA) is 136 Å². The number of aromatic nitrogens is 1. The van der Waals surface area contributed by atoms with Crippen molar-refractivity contribution in [3.63, 3.8) is 0 Å². The number of fused-ring (bicyclic) bond motifs is 1. The maximum absolute atomic E-state index is 12.6. The summed E-state index contributed by atoms with van der Waals surface area (Å²) in [5.41, 5.74) is 14.0. The summed E-state index contributed by atoms with van der Waals surface area (Å²) in [6.07, 6.45) is 1.82. The van der Waals surface area contributed by atoms with Gasteiger partial charge in [-0.05, 0) is 71.0 Å². The molecule has 5 N–H and O–H groups in total. The highest BCUT2D eigenvalue weighted by atomic mass is 32.2. The summed E-state index contributed by atoms with van der Waals surface area (Å²) in [4.78, 5) is 29.7. The van der Waals surface area contributed by atoms with E-state index in [2.05, 4.69) is 53.1 Å². The van der Waals surface area contributed by atoms with E-state index in [0.29, 0.717) is 50.0 Å². The number of thioether (sulfide) groups is 1. The van der Waals surface area contributed by atoms with E-state index in [9.17, 15) is 14.7 Å². The van der Waals surface area contributed by atoms with Gasteiger partial charge >= 0.3 is 0 Å². The number of nitrogens with zero attached hydrogens (tertiary/aromatic N) is 1. The molecular formula is C44H44N4O5S2. The first-order valence-electron chi connectivity index (χ1n) is 18.5. The van der Waals surface area contributed by atoms with Crippen LogP contribution in [0.15, 0.2) is 126 Å². The molecule has 3 atom stereocenters. The van der Waals surface area contributed by atoms with Crippen molar-refractivity contribution in [2.24, 2.45) is 0 Å². The lowest BCUT2D eigenvalue weighted by Crippen LogP contribution is -2.31. The van der Waals surface area contributed by atoms with Gasteiger partial charge in [-0.15, -0.1) is 11.3 Å². The van der Waals surface area contributed by atoms with Gasteiger partial charge in [-0.3, -0.25) is 9.59 Å². The van der Waals surface area contributed by atoms with Gasteiger partial charge in [0.05, 0.1) is 40.4 Å². The molecule has 0 aliphatic carbocycles. The van der Waals surface area contributed by atoms with Crippen LogP contribution in [0.2, 0.25) is 0 Å². The number of rotatable bonds is 15. The Kier molecular flexibility index (Phi) is 12.9. The Hall–Kier alpha value is -5.04. The van der Waals surface area contributed by atoms with Crippen molar-refractivity contribution in [1.29, 1.82) is 0 Å². The van der Waals surface area contributed by atoms with E-state index in [-0.39, 0.29) is 30.6 Å². The third kappa shape index (κ3) is 10.4. The molecule has 2 amide bonds. The molecule has 0 saturated carbocycles. The Bertz CT molecular complexity index is 2180. The summed E-state index contributed by atoms with van der Waals surface area (Å²) < 4.78 is 15.4. The van der Waals surface area contributed by atoms with Crippen molar-refractivity contribution in [2.75, 3.05) is 16.8 Å². The lowest BCUT2D eigenvalue weighted by molar-refractivity contribution is -0.245. The molecule has 282 valence electrons. The minimum absolute atomic E-state index is 0.00156. The molecule has 0 unspecified atom stereocenters. The first-order valence-corrected chi connectivity index (χ1v) is 20.3. The van der Waals surface area contributed by atoms with Gasteiger partial charge in [0, 0.05) is 37.1 Å². The van der Waals surface area contributed by atoms with Crippen LogP contribution >= 0.6 is 23.1 Å². The van der Waals surface area contributed by atoms with E-state index in [1.165, 1.54) is 4.70 Å². The number of anilines is 2. The molecule has 1 saturated heterocycles. The molecule has 1 fully saturated rings. The molecule has 11 heteroatoms. The number of aliphatic hydroxyl groups excluding tert-OH is 1. The van der Waals surface area contributed by atoms with E-state index >= 15 is 0 Å². The lowest BCUT2D eigenvalue weighted by Gasteiger charge is -2.36. The van der Waals surface area contributed by atoms with Crippen molar-refractivity contribution in [1.82, 2.24) is 10.3 Å². The molecule has 1 aliphatic rings. The number of unbranched alkanes of at least 4 members (excludes halogenated alkanes) is 1. The van der Waals surface area contributed by atoms with Gasteiger partial charge in [-0.2, -0.15) is 0 Å². The Labute approximate surface area is 329 Å². The zero-order valence-corrected chi connectivity index (χ0v) is 32.0. The molecule has 1 aromatic heterocycles. The van der Waals surface area contributed by atoms with Crippen LogP contribution < -0.4 is 16.4 Å². The van der Waals surface area contributed by atoms with E-state index in [1.54, 1.807) is 35.2 Å². The summed E-state index contributed by atoms with van der Waals surface area (Å²) in [6, 6.07) is 39.7. The second kappa shape index (κ2) is 18.5. The number of ether oxygens (including phenoxy) is 2. The number of aliphatic hydroxyl groups is 1. The van der Waals surface area contributed by atoms with Gasteiger partial charge in [-0.1, -0.05) is 103 Å². The number of amides is 2. The third-order valence-electron chi connectivity index (χ3n) is 9.51. The highest BCUT2D eigenvalue weighted by molar-refractivity contribution is 8.01. The second-order valence-corrected chi connectivity index (χ2v) is 15.8. The first-order chi connectivity index (χ1) is 26.9. The molecule has 0 radical (unpaired) electrons. The Morgan fingerprint density at radius 1 is 0.800 bits per heavy atom. The highest BCUT2D eigenvalue weighted by Gasteiger charge is 2.32. The number of hydrogen-bond donors (Lipinski definition) is 4. The fourth-order valence-corrected chi connectivity index (χ4v) is 8.59. The van der Waals surface area contributed by atoms with Crippen molar-refractivity contribution in [3.05, 3.63) is 144 Å². The Morgan fingerprint density at radius 3 is 2.33 bits per heavy atom. The van der Waals surface area contributed by atoms with Gasteiger partial charge in [0.2, 0.25) is 11.8 Å². The number of nitrogen functional groups attached to an aromatic ring is 1. The average molecular weight is 773 g/mol. The maximum Gasteiger partial charge on any atom is 0.224 e. The summed E-state index contributed by atoms with van der Waals surface area (Å²) in [5.74, 6) is 0.583. The first kappa shape index (κ1) is 38.2. The number of carbonyl (C=O) groups is 2. The van der Waals surface area contributed by atoms with Crippen molar-refractivity contribution in [2.45, 2.75) is 68.1 Å². The SMILES string of the molecule is Nc1ccccc1NC(=O)CCCCC(=O)NCc1cccc(-c2ccc([C@@H]3O[C@H](CSc4nc5ccccc5s4)C[C@H](c4ccc(CO)cc4)O3)cc2)c1. The average Bonchev–Trinajstić information content (AvgIpc) is 3.65. The van der Waals surface area contributed by atoms with Gasteiger partial charge in [0.1, 0.15) is 0 Å². The predicted octanol–water partition coefficient (Wildman–Crippen LogP) is 9.19. The van der Waals surface area contributed by atoms with Crippen LogP contribution in [0.4, 0.5) is 11.4 Å². The Morgan fingerprint density at radius 2 is 1.55 bits per heavy atom. The molecule has 9 nitrogen and oxygen atoms in total. The lowest BCUT2D eigenvalue weighted by atomic mass is 9.99. The fourth-order valence-electron chi connectivity index (χ4n) is 6.48. The van der Waals surface area contributed by atoms with Crippen LogP contribution in [0.3, 0.4) is 0 Å². The number of nitrogens with two attached hydrogens (primary N) is 1. The van der Waals surface area contributed by atoms with Crippen molar-refractivity contribution < 1.29 is 24.2 Å². The number of nitrogens with one attached hydrogen (secondary N) is 2. The van der Waals surface area contributed by atoms with E-state index in [4.69, 9.17) is 20.2 Å². The number of para-hydroxylation sites is 3. The fraction of sp³-hybridized carbons (Fsp3) is 0.250. The van der Waals surface area contributed by atoms with Gasteiger partial charge in [-0.25, -0.2) is 4.98 Å². The summed E-state index contributed by atoms with van der Waals surface area (Å²) >= 11 is 3.42. The second-order valence-electron chi connectivity index (χ2n) is 13.6. The standard InChI is InChI=1S/C44H44N4O5S2/c45-36-10-1-2-11-37(36)47-42(51)15-6-5-14-41(50)46-26-30-8-7-9-34(24-30)31-20-22-33(23-21-31)43-52-35(25-39(53-43)32-18-16-29(27-49)17-19-32)28-54-44-48-38-12-3-4-13-40(38)55-44/h1-4,7-13,16-24,35,39,43,49H,5-6,14-15,25-28,45H2,(H,46,50)(H,47,51)/t35-,39+,43+/m0/s1. The third-order valence-corrected chi connectivity index (χ3v) is 11.8. The molecule has 1 aliphatic heterocycles. The summed E-state index contributed by atoms with van der Waals surface area (Å²) in [6.45, 7) is 0.414. The molecule has 0 bridgehead atoms. The quantitative estimate of drug-likeness (QED) is 0.0461. The smallest absolute Gasteiger partial charge is 0.224 e. The zero-order chi connectivity index (χ0) is 38.0. The Balaban J connectivity index is 0.935. The normalized spacial score (nSPS) is 16.9. The molecular weight excluding hydrogens is 729 g/mol. The monoisotopic (exact) mass is 772 g/mol. The molecule has 5 aromatic carbocycles. The predicted molar refractivity (Wildman–Crippen MR) is 220 cm³/mol. The van der Waals surface area contributed by atoms with E-state index in [1.807, 2.05) is 66.7 Å². The summed E-state index contributed by atoms with van der Waals surface area (Å²) in [7, 11) is 0. The molecule has 7 rings (SSSR count). The minimum Gasteiger partial charge on any atom is -0.397 e. The van der Waals surface area contributed by atoms with Gasteiger partial charge in [0.25, 0.3) is 0 Å². The van der Waals surface area contributed by atoms with Gasteiger partial charge < -0.3 is 30.9 Å². The van der Waals surface area contributed by atoms with E-state index < -0.39 is 6.29 Å². The molecule has 6 aromatic rings. The number of carbonyl (C=O) groups excluding carboxylic acids is 2. The number of hydrogen-bond acceptors (Lipinski definition) is 9. The highest BCUT2D eigenvalue weighted by Crippen LogP contribution is 2.40. The zero-order valence-electron chi connectivity index (χ0n) is 30.4. The molecule has 0 spiro atoms. The van der Waals surface area contributed by atoms with Crippen molar-refractivity contribution in [3.8, 4) is 11.1 Å².